The number of halogens is 1. The van der Waals surface area contributed by atoms with E-state index in [-0.39, 0.29) is 11.7 Å². The van der Waals surface area contributed by atoms with Gasteiger partial charge in [-0.15, -0.1) is 0 Å². The van der Waals surface area contributed by atoms with Gasteiger partial charge in [0, 0.05) is 18.2 Å². The van der Waals surface area contributed by atoms with Gasteiger partial charge in [-0.05, 0) is 30.2 Å². The summed E-state index contributed by atoms with van der Waals surface area (Å²) in [6.07, 6.45) is 0.957. The van der Waals surface area contributed by atoms with Gasteiger partial charge < -0.3 is 10.3 Å². The summed E-state index contributed by atoms with van der Waals surface area (Å²) >= 11 is 0. The fraction of sp³-hybridized carbons (Fsp3) is 0.188. The topological polar surface area (TPSA) is 40.7 Å². The van der Waals surface area contributed by atoms with Crippen LogP contribution in [0, 0.1) is 5.82 Å². The Bertz CT molecular complexity index is 778. The first-order valence-corrected chi connectivity index (χ1v) is 6.80. The number of anilines is 1. The zero-order valence-corrected chi connectivity index (χ0v) is 10.9. The molecule has 1 atom stereocenters. The minimum absolute atomic E-state index is 0.194. The number of nitrogens with zero attached hydrogens (tertiary/aromatic N) is 1. The summed E-state index contributed by atoms with van der Waals surface area (Å²) in [5, 5.41) is 3.39. The van der Waals surface area contributed by atoms with Gasteiger partial charge in [-0.25, -0.2) is 9.37 Å². The van der Waals surface area contributed by atoms with Gasteiger partial charge in [-0.3, -0.25) is 0 Å². The van der Waals surface area contributed by atoms with Crippen LogP contribution in [-0.2, 0) is 0 Å². The maximum absolute atomic E-state index is 13.8. The molecule has 3 aromatic rings. The lowest BCUT2D eigenvalue weighted by molar-refractivity contribution is 0.635. The average molecular weight is 267 g/mol. The molecule has 0 bridgehead atoms. The number of rotatable bonds is 1. The predicted molar refractivity (Wildman–Crippen MR) is 77.4 cm³/mol. The molecular weight excluding hydrogens is 253 g/mol. The highest BCUT2D eigenvalue weighted by atomic mass is 19.1. The third-order valence-electron chi connectivity index (χ3n) is 3.90. The first-order chi connectivity index (χ1) is 9.83. The van der Waals surface area contributed by atoms with E-state index >= 15 is 0 Å². The van der Waals surface area contributed by atoms with Crippen LogP contribution in [0.1, 0.15) is 23.7 Å². The van der Waals surface area contributed by atoms with Crippen LogP contribution in [0.15, 0.2) is 42.5 Å². The third kappa shape index (κ3) is 1.68. The van der Waals surface area contributed by atoms with Crippen molar-refractivity contribution in [1.29, 1.82) is 0 Å². The highest BCUT2D eigenvalue weighted by Gasteiger charge is 2.24. The first kappa shape index (κ1) is 11.5. The normalized spacial score (nSPS) is 17.8. The quantitative estimate of drug-likeness (QED) is 0.706. The number of fused-ring (bicyclic) bond motifs is 2. The predicted octanol–water partition coefficient (Wildman–Crippen LogP) is 3.65. The van der Waals surface area contributed by atoms with E-state index in [4.69, 9.17) is 0 Å². The summed E-state index contributed by atoms with van der Waals surface area (Å²) in [4.78, 5) is 7.74. The van der Waals surface area contributed by atoms with Crippen molar-refractivity contribution < 1.29 is 4.39 Å². The van der Waals surface area contributed by atoms with Crippen molar-refractivity contribution in [3.63, 3.8) is 0 Å². The summed E-state index contributed by atoms with van der Waals surface area (Å²) < 4.78 is 13.8. The van der Waals surface area contributed by atoms with Gasteiger partial charge >= 0.3 is 0 Å². The Balaban J connectivity index is 1.86. The molecular formula is C16H14FN3. The third-order valence-corrected chi connectivity index (χ3v) is 3.90. The first-order valence-electron chi connectivity index (χ1n) is 6.80. The van der Waals surface area contributed by atoms with Crippen molar-refractivity contribution in [2.75, 3.05) is 11.9 Å². The van der Waals surface area contributed by atoms with Gasteiger partial charge in [-0.1, -0.05) is 24.3 Å². The molecule has 1 unspecified atom stereocenters. The van der Waals surface area contributed by atoms with Crippen LogP contribution in [-0.4, -0.2) is 16.5 Å². The van der Waals surface area contributed by atoms with Gasteiger partial charge in [0.25, 0.3) is 0 Å². The second-order valence-electron chi connectivity index (χ2n) is 5.11. The van der Waals surface area contributed by atoms with Crippen molar-refractivity contribution in [2.45, 2.75) is 12.3 Å². The van der Waals surface area contributed by atoms with Gasteiger partial charge in [0.1, 0.15) is 11.3 Å². The lowest BCUT2D eigenvalue weighted by Crippen LogP contribution is -2.18. The molecule has 0 amide bonds. The molecule has 3 nitrogen and oxygen atoms in total. The van der Waals surface area contributed by atoms with Crippen LogP contribution in [0.3, 0.4) is 0 Å². The smallest absolute Gasteiger partial charge is 0.151 e. The Morgan fingerprint density at radius 3 is 2.90 bits per heavy atom. The number of nitrogens with one attached hydrogen (secondary N) is 2. The van der Waals surface area contributed by atoms with E-state index in [1.165, 1.54) is 11.6 Å². The monoisotopic (exact) mass is 267 g/mol. The van der Waals surface area contributed by atoms with Crippen molar-refractivity contribution in [2.24, 2.45) is 0 Å². The number of aromatic amines is 1. The molecule has 0 aliphatic carbocycles. The maximum Gasteiger partial charge on any atom is 0.151 e. The van der Waals surface area contributed by atoms with E-state index < -0.39 is 0 Å². The van der Waals surface area contributed by atoms with E-state index in [1.54, 1.807) is 6.07 Å². The fourth-order valence-corrected chi connectivity index (χ4v) is 2.93. The Hall–Kier alpha value is -2.36. The van der Waals surface area contributed by atoms with Crippen LogP contribution < -0.4 is 5.32 Å². The number of aromatic nitrogens is 2. The minimum Gasteiger partial charge on any atom is -0.385 e. The summed E-state index contributed by atoms with van der Waals surface area (Å²) in [7, 11) is 0. The molecule has 2 heterocycles. The van der Waals surface area contributed by atoms with E-state index in [0.717, 1.165) is 30.0 Å². The minimum atomic E-state index is -0.271. The number of H-pyrrole nitrogens is 1. The lowest BCUT2D eigenvalue weighted by atomic mass is 9.90. The SMILES string of the molecule is Fc1cccc2[nH]c(C3CCNc4ccccc43)nc12. The average Bonchev–Trinajstić information content (AvgIpc) is 2.92. The summed E-state index contributed by atoms with van der Waals surface area (Å²) in [5.74, 6) is 0.769. The van der Waals surface area contributed by atoms with Crippen molar-refractivity contribution in [1.82, 2.24) is 9.97 Å². The van der Waals surface area contributed by atoms with Gasteiger partial charge in [0.2, 0.25) is 0 Å². The highest BCUT2D eigenvalue weighted by molar-refractivity contribution is 5.76. The van der Waals surface area contributed by atoms with E-state index in [2.05, 4.69) is 27.4 Å². The second-order valence-corrected chi connectivity index (χ2v) is 5.11. The highest BCUT2D eigenvalue weighted by Crippen LogP contribution is 2.35. The lowest BCUT2D eigenvalue weighted by Gasteiger charge is -2.25. The maximum atomic E-state index is 13.8. The molecule has 1 aliphatic heterocycles. The molecule has 1 aliphatic rings. The number of benzene rings is 2. The molecule has 100 valence electrons. The molecule has 0 spiro atoms. The molecule has 4 heteroatoms. The van der Waals surface area contributed by atoms with Crippen LogP contribution >= 0.6 is 0 Å². The molecule has 0 saturated heterocycles. The van der Waals surface area contributed by atoms with Gasteiger partial charge in [0.05, 0.1) is 5.52 Å². The van der Waals surface area contributed by atoms with Crippen LogP contribution in [0.25, 0.3) is 11.0 Å². The van der Waals surface area contributed by atoms with Crippen LogP contribution in [0.4, 0.5) is 10.1 Å². The fourth-order valence-electron chi connectivity index (χ4n) is 2.93. The molecule has 0 saturated carbocycles. The number of imidazole rings is 1. The number of hydrogen-bond donors (Lipinski definition) is 2. The standard InChI is InChI=1S/C16H14FN3/c17-12-5-3-7-14-15(12)20-16(19-14)11-8-9-18-13-6-2-1-4-10(11)13/h1-7,11,18H,8-9H2,(H,19,20). The Morgan fingerprint density at radius 2 is 2.00 bits per heavy atom. The number of hydrogen-bond acceptors (Lipinski definition) is 2. The van der Waals surface area contributed by atoms with Gasteiger partial charge in [0.15, 0.2) is 5.82 Å². The van der Waals surface area contributed by atoms with Crippen molar-refractivity contribution >= 4 is 16.7 Å². The number of para-hydroxylation sites is 2. The van der Waals surface area contributed by atoms with E-state index in [9.17, 15) is 4.39 Å². The molecule has 1 aromatic heterocycles. The largest absolute Gasteiger partial charge is 0.385 e. The second kappa shape index (κ2) is 4.34. The van der Waals surface area contributed by atoms with Gasteiger partial charge in [-0.2, -0.15) is 0 Å². The molecule has 2 N–H and O–H groups in total. The molecule has 0 fully saturated rings. The zero-order valence-electron chi connectivity index (χ0n) is 10.9. The molecule has 2 aromatic carbocycles. The zero-order chi connectivity index (χ0) is 13.5. The molecule has 0 radical (unpaired) electrons. The molecule has 20 heavy (non-hydrogen) atoms. The van der Waals surface area contributed by atoms with Crippen molar-refractivity contribution in [3.8, 4) is 0 Å². The van der Waals surface area contributed by atoms with E-state index in [0.29, 0.717) is 5.52 Å². The summed E-state index contributed by atoms with van der Waals surface area (Å²) in [6, 6.07) is 13.2. The summed E-state index contributed by atoms with van der Waals surface area (Å²) in [6.45, 7) is 0.904. The van der Waals surface area contributed by atoms with Crippen LogP contribution in [0.5, 0.6) is 0 Å². The Labute approximate surface area is 115 Å². The van der Waals surface area contributed by atoms with Crippen LogP contribution in [0.2, 0.25) is 0 Å². The molecule has 4 rings (SSSR count). The van der Waals surface area contributed by atoms with E-state index in [1.807, 2.05) is 18.2 Å². The summed E-state index contributed by atoms with van der Waals surface area (Å²) in [5.41, 5.74) is 3.55. The van der Waals surface area contributed by atoms with Crippen molar-refractivity contribution in [3.05, 3.63) is 59.7 Å². The Kier molecular flexibility index (Phi) is 2.49. The Morgan fingerprint density at radius 1 is 1.10 bits per heavy atom.